The minimum Gasteiger partial charge on any atom is -0.396 e. The lowest BCUT2D eigenvalue weighted by Gasteiger charge is -2.68. The first-order chi connectivity index (χ1) is 15.6. The van der Waals surface area contributed by atoms with Crippen molar-refractivity contribution >= 4 is 10.9 Å². The molecule has 1 aromatic carbocycles. The number of hydrogen-bond donors (Lipinski definition) is 4. The van der Waals surface area contributed by atoms with Crippen LogP contribution in [-0.2, 0) is 16.6 Å². The van der Waals surface area contributed by atoms with Crippen LogP contribution in [0.15, 0.2) is 24.3 Å². The molecule has 0 unspecified atom stereocenters. The molecule has 6 rings (SSSR count). The van der Waals surface area contributed by atoms with Gasteiger partial charge in [-0.1, -0.05) is 32.0 Å². The fraction of sp³-hybridized carbons (Fsp3) is 0.714. The summed E-state index contributed by atoms with van der Waals surface area (Å²) in [5.41, 5.74) is 2.27. The van der Waals surface area contributed by atoms with Crippen molar-refractivity contribution in [2.24, 2.45) is 22.7 Å². The zero-order chi connectivity index (χ0) is 23.4. The molecule has 2 aromatic rings. The molecule has 4 aliphatic rings. The Morgan fingerprint density at radius 1 is 1.15 bits per heavy atom. The first kappa shape index (κ1) is 22.1. The summed E-state index contributed by atoms with van der Waals surface area (Å²) in [5, 5.41) is 34.5. The summed E-state index contributed by atoms with van der Waals surface area (Å²) in [6, 6.07) is 8.65. The molecule has 1 aliphatic heterocycles. The van der Waals surface area contributed by atoms with Gasteiger partial charge in [-0.2, -0.15) is 0 Å². The van der Waals surface area contributed by atoms with Crippen LogP contribution in [0.5, 0.6) is 0 Å². The lowest BCUT2D eigenvalue weighted by molar-refractivity contribution is -0.295. The maximum atomic E-state index is 11.6. The topological polar surface area (TPSA) is 85.7 Å². The van der Waals surface area contributed by atoms with Crippen LogP contribution in [0.4, 0.5) is 0 Å². The van der Waals surface area contributed by atoms with Gasteiger partial charge in [0, 0.05) is 33.8 Å². The van der Waals surface area contributed by atoms with E-state index in [-0.39, 0.29) is 29.5 Å². The van der Waals surface area contributed by atoms with Crippen molar-refractivity contribution in [3.63, 3.8) is 0 Å². The fourth-order valence-corrected chi connectivity index (χ4v) is 9.01. The summed E-state index contributed by atoms with van der Waals surface area (Å²) in [7, 11) is 0. The van der Waals surface area contributed by atoms with E-state index in [1.165, 1.54) is 22.2 Å². The summed E-state index contributed by atoms with van der Waals surface area (Å²) in [4.78, 5) is 3.83. The quantitative estimate of drug-likeness (QED) is 0.552. The Labute approximate surface area is 196 Å². The molecule has 3 fully saturated rings. The molecule has 5 heteroatoms. The molecule has 2 heterocycles. The van der Waals surface area contributed by atoms with Gasteiger partial charge in [-0.05, 0) is 74.8 Å². The zero-order valence-corrected chi connectivity index (χ0v) is 20.4. The number of H-pyrrole nitrogens is 1. The number of rotatable bonds is 2. The van der Waals surface area contributed by atoms with E-state index >= 15 is 0 Å². The van der Waals surface area contributed by atoms with Gasteiger partial charge in [0.05, 0.1) is 30.5 Å². The summed E-state index contributed by atoms with van der Waals surface area (Å²) in [5.74, 6) is 0.729. The maximum absolute atomic E-state index is 11.6. The molecular weight excluding hydrogens is 414 g/mol. The summed E-state index contributed by atoms with van der Waals surface area (Å²) in [6.07, 6.45) is 4.04. The van der Waals surface area contributed by atoms with Crippen molar-refractivity contribution in [2.45, 2.75) is 95.5 Å². The molecule has 1 saturated heterocycles. The predicted molar refractivity (Wildman–Crippen MR) is 128 cm³/mol. The van der Waals surface area contributed by atoms with Crippen LogP contribution in [0.2, 0.25) is 0 Å². The van der Waals surface area contributed by atoms with E-state index < -0.39 is 23.2 Å². The maximum Gasteiger partial charge on any atom is 0.0885 e. The van der Waals surface area contributed by atoms with Crippen molar-refractivity contribution in [2.75, 3.05) is 6.61 Å². The van der Waals surface area contributed by atoms with Gasteiger partial charge in [0.1, 0.15) is 0 Å². The molecular formula is C28H39NO4. The predicted octanol–water partition coefficient (Wildman–Crippen LogP) is 4.08. The molecule has 3 aliphatic carbocycles. The molecule has 5 nitrogen and oxygen atoms in total. The van der Waals surface area contributed by atoms with Crippen molar-refractivity contribution in [1.82, 2.24) is 4.98 Å². The van der Waals surface area contributed by atoms with Gasteiger partial charge < -0.3 is 25.0 Å². The molecule has 0 radical (unpaired) electrons. The minimum absolute atomic E-state index is 0.0375. The van der Waals surface area contributed by atoms with Crippen LogP contribution < -0.4 is 0 Å². The summed E-state index contributed by atoms with van der Waals surface area (Å²) in [6.45, 7) is 8.31. The zero-order valence-electron chi connectivity index (χ0n) is 20.4. The highest BCUT2D eigenvalue weighted by Crippen LogP contribution is 2.71. The third-order valence-electron chi connectivity index (χ3n) is 11.0. The van der Waals surface area contributed by atoms with E-state index in [0.29, 0.717) is 12.3 Å². The highest BCUT2D eigenvalue weighted by molar-refractivity contribution is 5.86. The van der Waals surface area contributed by atoms with Gasteiger partial charge in [-0.15, -0.1) is 0 Å². The van der Waals surface area contributed by atoms with E-state index in [0.717, 1.165) is 32.1 Å². The Balaban J connectivity index is 1.46. The highest BCUT2D eigenvalue weighted by atomic mass is 16.5. The third kappa shape index (κ3) is 2.57. The number of aliphatic hydroxyl groups excluding tert-OH is 2. The number of aromatic amines is 1. The largest absolute Gasteiger partial charge is 0.396 e. The van der Waals surface area contributed by atoms with E-state index in [4.69, 9.17) is 4.74 Å². The van der Waals surface area contributed by atoms with Gasteiger partial charge in [-0.25, -0.2) is 0 Å². The molecule has 1 aromatic heterocycles. The Morgan fingerprint density at radius 3 is 2.64 bits per heavy atom. The van der Waals surface area contributed by atoms with Gasteiger partial charge in [0.15, 0.2) is 0 Å². The lowest BCUT2D eigenvalue weighted by atomic mass is 9.39. The lowest BCUT2D eigenvalue weighted by Crippen LogP contribution is -2.70. The average molecular weight is 454 g/mol. The molecule has 0 amide bonds. The van der Waals surface area contributed by atoms with Gasteiger partial charge in [0.25, 0.3) is 0 Å². The number of aromatic nitrogens is 1. The molecule has 0 spiro atoms. The van der Waals surface area contributed by atoms with Crippen LogP contribution in [0.25, 0.3) is 10.9 Å². The summed E-state index contributed by atoms with van der Waals surface area (Å²) >= 11 is 0. The number of fused-ring (bicyclic) bond motifs is 9. The van der Waals surface area contributed by atoms with Crippen LogP contribution in [0.3, 0.4) is 0 Å². The first-order valence-electron chi connectivity index (χ1n) is 12.8. The Kier molecular flexibility index (Phi) is 4.58. The highest BCUT2D eigenvalue weighted by Gasteiger charge is 2.70. The molecule has 33 heavy (non-hydrogen) atoms. The van der Waals surface area contributed by atoms with Crippen LogP contribution in [0, 0.1) is 22.7 Å². The molecule has 4 N–H and O–H groups in total. The second kappa shape index (κ2) is 6.84. The molecule has 8 atom stereocenters. The van der Waals surface area contributed by atoms with E-state index in [9.17, 15) is 15.3 Å². The Hall–Kier alpha value is -1.40. The van der Waals surface area contributed by atoms with E-state index in [1.807, 2.05) is 0 Å². The smallest absolute Gasteiger partial charge is 0.0885 e. The Morgan fingerprint density at radius 2 is 1.91 bits per heavy atom. The first-order valence-corrected chi connectivity index (χ1v) is 12.8. The number of aliphatic hydroxyl groups is 3. The van der Waals surface area contributed by atoms with Crippen molar-refractivity contribution in [1.29, 1.82) is 0 Å². The van der Waals surface area contributed by atoms with Gasteiger partial charge in [0.2, 0.25) is 0 Å². The second-order valence-corrected chi connectivity index (χ2v) is 12.5. The van der Waals surface area contributed by atoms with Crippen LogP contribution >= 0.6 is 0 Å². The monoisotopic (exact) mass is 453 g/mol. The summed E-state index contributed by atoms with van der Waals surface area (Å²) < 4.78 is 6.50. The van der Waals surface area contributed by atoms with E-state index in [1.54, 1.807) is 13.8 Å². The van der Waals surface area contributed by atoms with Crippen molar-refractivity contribution in [3.8, 4) is 0 Å². The Bertz CT molecular complexity index is 1090. The standard InChI is InChI=1S/C28H39NO4/c1-25(2,32)23-14-21(31)28(15-30)20-10-9-16-13-18-17-7-5-6-8-19(17)29-24(18)27(16,4)26(20,3)12-11-22(28)33-23/h5-8,16,20-23,29-32H,9-15H2,1-4H3/t16-,20+,21+,22-,23-,26-,27+,28+/m0/s1. The second-order valence-electron chi connectivity index (χ2n) is 12.5. The van der Waals surface area contributed by atoms with Crippen molar-refractivity contribution < 1.29 is 20.1 Å². The van der Waals surface area contributed by atoms with Crippen molar-refractivity contribution in [3.05, 3.63) is 35.5 Å². The SMILES string of the molecule is CC(C)(O)[C@@H]1C[C@@H](O)[C@]2(CO)[C@H](CC[C@@]3(C)[C@H]2CC[C@H]2Cc4c([nH]c5ccccc45)[C@@]23C)O1. The number of hydrogen-bond acceptors (Lipinski definition) is 4. The van der Waals surface area contributed by atoms with Gasteiger partial charge >= 0.3 is 0 Å². The van der Waals surface area contributed by atoms with Crippen LogP contribution in [-0.4, -0.2) is 50.8 Å². The normalized spacial score (nSPS) is 44.8. The van der Waals surface area contributed by atoms with Gasteiger partial charge in [-0.3, -0.25) is 0 Å². The van der Waals surface area contributed by atoms with Crippen LogP contribution in [0.1, 0.15) is 71.1 Å². The fourth-order valence-electron chi connectivity index (χ4n) is 9.01. The minimum atomic E-state index is -1.02. The molecule has 2 saturated carbocycles. The average Bonchev–Trinajstić information content (AvgIpc) is 3.28. The number of ether oxygens (including phenoxy) is 1. The molecule has 180 valence electrons. The third-order valence-corrected chi connectivity index (χ3v) is 11.0. The number of benzene rings is 1. The van der Waals surface area contributed by atoms with E-state index in [2.05, 4.69) is 43.1 Å². The molecule has 0 bridgehead atoms. The number of para-hydroxylation sites is 1. The number of nitrogens with one attached hydrogen (secondary N) is 1.